The van der Waals surface area contributed by atoms with E-state index in [0.717, 1.165) is 20.3 Å². The molecule has 2 heterocycles. The van der Waals surface area contributed by atoms with Gasteiger partial charge in [-0.1, -0.05) is 45.9 Å². The van der Waals surface area contributed by atoms with Gasteiger partial charge in [-0.25, -0.2) is 4.68 Å². The van der Waals surface area contributed by atoms with Crippen LogP contribution in [-0.4, -0.2) is 14.9 Å². The van der Waals surface area contributed by atoms with Gasteiger partial charge in [-0.15, -0.1) is 21.5 Å². The molecule has 1 aromatic carbocycles. The highest BCUT2D eigenvalue weighted by Gasteiger charge is 2.12. The molecular formula is C13H11BrN4S2. The minimum absolute atomic E-state index is 0.707. The summed E-state index contributed by atoms with van der Waals surface area (Å²) in [5.74, 6) is 7.57. The van der Waals surface area contributed by atoms with Gasteiger partial charge in [-0.2, -0.15) is 0 Å². The summed E-state index contributed by atoms with van der Waals surface area (Å²) in [4.78, 5) is 1.02. The number of thiophene rings is 1. The van der Waals surface area contributed by atoms with Crippen molar-refractivity contribution < 1.29 is 0 Å². The Hall–Kier alpha value is -1.31. The highest BCUT2D eigenvalue weighted by molar-refractivity contribution is 9.10. The first-order valence-corrected chi connectivity index (χ1v) is 8.51. The molecule has 4 nitrogen and oxygen atoms in total. The van der Waals surface area contributed by atoms with Crippen molar-refractivity contribution in [1.29, 1.82) is 0 Å². The summed E-state index contributed by atoms with van der Waals surface area (Å²) in [6.07, 6.45) is 0. The molecule has 0 unspecified atom stereocenters. The molecular weight excluding hydrogens is 356 g/mol. The molecule has 0 saturated heterocycles. The number of nitrogens with zero attached hydrogens (tertiary/aromatic N) is 3. The van der Waals surface area contributed by atoms with Gasteiger partial charge >= 0.3 is 0 Å². The molecule has 0 aliphatic rings. The zero-order valence-electron chi connectivity index (χ0n) is 10.4. The maximum atomic E-state index is 6.05. The number of benzene rings is 1. The van der Waals surface area contributed by atoms with Crippen molar-refractivity contribution in [2.45, 2.75) is 10.9 Å². The van der Waals surface area contributed by atoms with Crippen LogP contribution in [0.2, 0.25) is 0 Å². The Morgan fingerprint density at radius 3 is 2.70 bits per heavy atom. The number of aromatic nitrogens is 3. The molecule has 0 amide bonds. The van der Waals surface area contributed by atoms with Gasteiger partial charge in [0.1, 0.15) is 0 Å². The number of hydrogen-bond donors (Lipinski definition) is 1. The van der Waals surface area contributed by atoms with Crippen molar-refractivity contribution in [2.24, 2.45) is 0 Å². The lowest BCUT2D eigenvalue weighted by molar-refractivity contribution is 0.850. The van der Waals surface area contributed by atoms with E-state index in [4.69, 9.17) is 5.84 Å². The van der Waals surface area contributed by atoms with E-state index in [1.54, 1.807) is 27.8 Å². The zero-order valence-corrected chi connectivity index (χ0v) is 13.6. The second-order valence-electron chi connectivity index (χ2n) is 4.07. The van der Waals surface area contributed by atoms with Crippen molar-refractivity contribution in [1.82, 2.24) is 14.9 Å². The predicted octanol–water partition coefficient (Wildman–Crippen LogP) is 3.78. The number of rotatable bonds is 4. The van der Waals surface area contributed by atoms with E-state index in [-0.39, 0.29) is 0 Å². The SMILES string of the molecule is Nn1c(SCc2ccc(Br)cc2)nnc1-c1cccs1. The topological polar surface area (TPSA) is 56.7 Å². The highest BCUT2D eigenvalue weighted by atomic mass is 79.9. The minimum atomic E-state index is 0.707. The lowest BCUT2D eigenvalue weighted by Crippen LogP contribution is -2.11. The number of halogens is 1. The van der Waals surface area contributed by atoms with Crippen molar-refractivity contribution in [3.63, 3.8) is 0 Å². The third kappa shape index (κ3) is 2.89. The van der Waals surface area contributed by atoms with E-state index in [1.807, 2.05) is 29.6 Å². The normalized spacial score (nSPS) is 10.8. The molecule has 0 aliphatic heterocycles. The molecule has 0 saturated carbocycles. The third-order valence-electron chi connectivity index (χ3n) is 2.69. The Morgan fingerprint density at radius 2 is 2.00 bits per heavy atom. The summed E-state index contributed by atoms with van der Waals surface area (Å²) in [6.45, 7) is 0. The standard InChI is InChI=1S/C13H11BrN4S2/c14-10-5-3-9(4-6-10)8-20-13-17-16-12(18(13)15)11-2-1-7-19-11/h1-7H,8,15H2. The summed E-state index contributed by atoms with van der Waals surface area (Å²) in [6, 6.07) is 12.2. The van der Waals surface area contributed by atoms with Crippen LogP contribution < -0.4 is 5.84 Å². The summed E-state index contributed by atoms with van der Waals surface area (Å²) in [5, 5.41) is 11.0. The van der Waals surface area contributed by atoms with E-state index >= 15 is 0 Å². The first-order valence-electron chi connectivity index (χ1n) is 5.85. The number of thioether (sulfide) groups is 1. The molecule has 2 aromatic heterocycles. The Bertz CT molecular complexity index is 692. The largest absolute Gasteiger partial charge is 0.335 e. The summed E-state index contributed by atoms with van der Waals surface area (Å²) in [5.41, 5.74) is 1.22. The van der Waals surface area contributed by atoms with Gasteiger partial charge in [0.25, 0.3) is 0 Å². The molecule has 20 heavy (non-hydrogen) atoms. The van der Waals surface area contributed by atoms with Gasteiger partial charge in [-0.05, 0) is 29.1 Å². The van der Waals surface area contributed by atoms with Gasteiger partial charge in [0.2, 0.25) is 5.16 Å². The van der Waals surface area contributed by atoms with E-state index in [9.17, 15) is 0 Å². The Kier molecular flexibility index (Phi) is 4.09. The second kappa shape index (κ2) is 5.99. The van der Waals surface area contributed by atoms with Crippen molar-refractivity contribution in [3.8, 4) is 10.7 Å². The molecule has 0 aliphatic carbocycles. The Labute approximate surface area is 133 Å². The van der Waals surface area contributed by atoms with Crippen molar-refractivity contribution in [2.75, 3.05) is 5.84 Å². The minimum Gasteiger partial charge on any atom is -0.335 e. The average Bonchev–Trinajstić information content (AvgIpc) is 3.08. The van der Waals surface area contributed by atoms with Crippen molar-refractivity contribution in [3.05, 3.63) is 51.8 Å². The first-order chi connectivity index (χ1) is 9.74. The van der Waals surface area contributed by atoms with Crippen LogP contribution in [0.25, 0.3) is 10.7 Å². The highest BCUT2D eigenvalue weighted by Crippen LogP contribution is 2.27. The predicted molar refractivity (Wildman–Crippen MR) is 87.2 cm³/mol. The Morgan fingerprint density at radius 1 is 1.20 bits per heavy atom. The molecule has 7 heteroatoms. The fourth-order valence-electron chi connectivity index (χ4n) is 1.68. The zero-order chi connectivity index (χ0) is 13.9. The summed E-state index contributed by atoms with van der Waals surface area (Å²) in [7, 11) is 0. The van der Waals surface area contributed by atoms with Gasteiger partial charge < -0.3 is 5.84 Å². The van der Waals surface area contributed by atoms with E-state index < -0.39 is 0 Å². The maximum absolute atomic E-state index is 6.05. The lowest BCUT2D eigenvalue weighted by atomic mass is 10.2. The number of nitrogen functional groups attached to an aromatic ring is 1. The molecule has 2 N–H and O–H groups in total. The van der Waals surface area contributed by atoms with Crippen LogP contribution in [0.4, 0.5) is 0 Å². The van der Waals surface area contributed by atoms with Gasteiger partial charge in [-0.3, -0.25) is 0 Å². The third-order valence-corrected chi connectivity index (χ3v) is 5.10. The molecule has 0 radical (unpaired) electrons. The molecule has 102 valence electrons. The van der Waals surface area contributed by atoms with Crippen molar-refractivity contribution >= 4 is 39.0 Å². The maximum Gasteiger partial charge on any atom is 0.210 e. The van der Waals surface area contributed by atoms with E-state index in [1.165, 1.54) is 5.56 Å². The van der Waals surface area contributed by atoms with Crippen LogP contribution in [-0.2, 0) is 5.75 Å². The van der Waals surface area contributed by atoms with Crippen LogP contribution in [0, 0.1) is 0 Å². The molecule has 3 rings (SSSR count). The fourth-order valence-corrected chi connectivity index (χ4v) is 3.46. The smallest absolute Gasteiger partial charge is 0.210 e. The van der Waals surface area contributed by atoms with Gasteiger partial charge in [0.05, 0.1) is 4.88 Å². The second-order valence-corrected chi connectivity index (χ2v) is 6.87. The van der Waals surface area contributed by atoms with Crippen LogP contribution in [0.5, 0.6) is 0 Å². The van der Waals surface area contributed by atoms with Crippen LogP contribution in [0.1, 0.15) is 5.56 Å². The molecule has 0 spiro atoms. The fraction of sp³-hybridized carbons (Fsp3) is 0.0769. The monoisotopic (exact) mass is 366 g/mol. The van der Waals surface area contributed by atoms with Crippen LogP contribution >= 0.6 is 39.0 Å². The van der Waals surface area contributed by atoms with Gasteiger partial charge in [0.15, 0.2) is 5.82 Å². The summed E-state index contributed by atoms with van der Waals surface area (Å²) < 4.78 is 2.63. The summed E-state index contributed by atoms with van der Waals surface area (Å²) >= 11 is 6.61. The first kappa shape index (κ1) is 13.7. The number of nitrogens with two attached hydrogens (primary N) is 1. The van der Waals surface area contributed by atoms with Gasteiger partial charge in [0, 0.05) is 10.2 Å². The molecule has 3 aromatic rings. The van der Waals surface area contributed by atoms with E-state index in [0.29, 0.717) is 5.82 Å². The average molecular weight is 367 g/mol. The lowest BCUT2D eigenvalue weighted by Gasteiger charge is -2.03. The Balaban J connectivity index is 1.74. The molecule has 0 atom stereocenters. The number of hydrogen-bond acceptors (Lipinski definition) is 5. The van der Waals surface area contributed by atoms with Crippen LogP contribution in [0.3, 0.4) is 0 Å². The molecule has 0 bridgehead atoms. The van der Waals surface area contributed by atoms with Crippen LogP contribution in [0.15, 0.2) is 51.4 Å². The van der Waals surface area contributed by atoms with E-state index in [2.05, 4.69) is 38.3 Å². The quantitative estimate of drug-likeness (QED) is 0.563. The molecule has 0 fully saturated rings.